The van der Waals surface area contributed by atoms with Gasteiger partial charge in [0.1, 0.15) is 12.2 Å². The first-order valence-electron chi connectivity index (χ1n) is 33.9. The number of aliphatic hydroxyl groups is 4. The van der Waals surface area contributed by atoms with Crippen LogP contribution < -0.4 is 5.32 Å². The number of allylic oxidation sites excluding steroid dienone is 6. The summed E-state index contributed by atoms with van der Waals surface area (Å²) in [7, 11) is 0. The molecule has 0 saturated carbocycles. The third-order valence-corrected chi connectivity index (χ3v) is 16.1. The van der Waals surface area contributed by atoms with E-state index in [2.05, 4.69) is 55.6 Å². The first-order valence-corrected chi connectivity index (χ1v) is 33.9. The second-order valence-corrected chi connectivity index (χ2v) is 23.5. The van der Waals surface area contributed by atoms with Crippen LogP contribution in [-0.4, -0.2) is 57.3 Å². The number of rotatable bonds is 63. The summed E-state index contributed by atoms with van der Waals surface area (Å²) in [6.07, 6.45) is 81.2. The van der Waals surface area contributed by atoms with Crippen molar-refractivity contribution in [3.05, 3.63) is 36.5 Å². The normalized spacial score (nSPS) is 13.7. The number of hydrogen-bond donors (Lipinski definition) is 5. The van der Waals surface area contributed by atoms with Gasteiger partial charge < -0.3 is 25.7 Å². The molecular formula is C69H133NO5. The molecule has 0 bridgehead atoms. The number of unbranched alkanes of at least 4 members (excludes halogenated alkanes) is 48. The Balaban J connectivity index is 3.61. The van der Waals surface area contributed by atoms with Gasteiger partial charge in [-0.05, 0) is 64.2 Å². The highest BCUT2D eigenvalue weighted by Gasteiger charge is 2.28. The minimum atomic E-state index is -1.29. The van der Waals surface area contributed by atoms with Gasteiger partial charge >= 0.3 is 0 Å². The van der Waals surface area contributed by atoms with Crippen LogP contribution in [0.5, 0.6) is 0 Å². The average molecular weight is 1060 g/mol. The van der Waals surface area contributed by atoms with Crippen molar-refractivity contribution in [1.29, 1.82) is 0 Å². The summed E-state index contributed by atoms with van der Waals surface area (Å²) < 4.78 is 0. The zero-order valence-corrected chi connectivity index (χ0v) is 50.6. The lowest BCUT2D eigenvalue weighted by Gasteiger charge is -2.27. The Kier molecular flexibility index (Phi) is 62.1. The zero-order chi connectivity index (χ0) is 54.4. The van der Waals surface area contributed by atoms with Gasteiger partial charge in [-0.2, -0.15) is 0 Å². The molecular weight excluding hydrogens is 923 g/mol. The van der Waals surface area contributed by atoms with Crippen LogP contribution in [0, 0.1) is 0 Å². The summed E-state index contributed by atoms with van der Waals surface area (Å²) in [5.74, 6) is -0.593. The molecule has 0 saturated heterocycles. The molecule has 0 aliphatic rings. The van der Waals surface area contributed by atoms with Crippen LogP contribution in [-0.2, 0) is 4.79 Å². The molecule has 0 aromatic carbocycles. The smallest absolute Gasteiger partial charge is 0.249 e. The van der Waals surface area contributed by atoms with E-state index in [0.29, 0.717) is 19.3 Å². The van der Waals surface area contributed by atoms with Crippen LogP contribution in [0.3, 0.4) is 0 Å². The molecule has 4 unspecified atom stereocenters. The molecule has 1 amide bonds. The molecule has 6 nitrogen and oxygen atoms in total. The summed E-state index contributed by atoms with van der Waals surface area (Å²) in [4.78, 5) is 12.6. The quantitative estimate of drug-likeness (QED) is 0.0308. The highest BCUT2D eigenvalue weighted by Crippen LogP contribution is 2.19. The largest absolute Gasteiger partial charge is 0.394 e. The first-order chi connectivity index (χ1) is 37.0. The Morgan fingerprint density at radius 3 is 0.840 bits per heavy atom. The van der Waals surface area contributed by atoms with E-state index in [4.69, 9.17) is 0 Å². The number of nitrogens with one attached hydrogen (secondary N) is 1. The van der Waals surface area contributed by atoms with E-state index in [9.17, 15) is 25.2 Å². The molecule has 0 radical (unpaired) electrons. The van der Waals surface area contributed by atoms with E-state index < -0.39 is 36.9 Å². The van der Waals surface area contributed by atoms with Gasteiger partial charge in [-0.3, -0.25) is 4.79 Å². The fourth-order valence-corrected chi connectivity index (χ4v) is 10.8. The first kappa shape index (κ1) is 73.5. The van der Waals surface area contributed by atoms with E-state index in [0.717, 1.165) is 51.4 Å². The van der Waals surface area contributed by atoms with Crippen LogP contribution in [0.4, 0.5) is 0 Å². The van der Waals surface area contributed by atoms with Gasteiger partial charge in [0, 0.05) is 0 Å². The maximum atomic E-state index is 12.6. The molecule has 0 rings (SSSR count). The third kappa shape index (κ3) is 57.0. The van der Waals surface area contributed by atoms with E-state index in [1.54, 1.807) is 0 Å². The number of aliphatic hydroxyl groups excluding tert-OH is 4. The summed E-state index contributed by atoms with van der Waals surface area (Å²) in [5.41, 5.74) is 0. The van der Waals surface area contributed by atoms with Crippen molar-refractivity contribution in [2.75, 3.05) is 6.61 Å². The molecule has 444 valence electrons. The topological polar surface area (TPSA) is 110 Å². The molecule has 0 aliphatic carbocycles. The number of amides is 1. The van der Waals surface area contributed by atoms with Crippen molar-refractivity contribution in [3.63, 3.8) is 0 Å². The summed E-state index contributed by atoms with van der Waals surface area (Å²) in [6.45, 7) is 4.09. The lowest BCUT2D eigenvalue weighted by molar-refractivity contribution is -0.132. The molecule has 5 N–H and O–H groups in total. The Labute approximate surface area is 468 Å². The maximum absolute atomic E-state index is 12.6. The lowest BCUT2D eigenvalue weighted by Crippen LogP contribution is -2.53. The molecule has 6 heteroatoms. The second kappa shape index (κ2) is 63.4. The molecule has 0 fully saturated rings. The standard InChI is InChI=1S/C69H133NO5/c1-3-5-7-9-11-13-15-17-19-21-23-25-27-29-31-33-34-35-37-39-41-43-45-47-49-51-53-55-57-59-61-63-67(73)69(75)70-65(64-71)68(74)66(72)62-60-58-56-54-52-50-48-46-44-42-40-38-36-32-30-28-26-24-22-20-18-16-14-12-10-8-6-4-2/h38,40,46,48,54,56,65-68,71-74H,3-37,39,41-45,47,49-53,55,57-64H2,1-2H3,(H,70,75)/b40-38+,48-46+,56-54+. The van der Waals surface area contributed by atoms with Crippen molar-refractivity contribution in [3.8, 4) is 0 Å². The minimum Gasteiger partial charge on any atom is -0.394 e. The molecule has 0 heterocycles. The van der Waals surface area contributed by atoms with Crippen LogP contribution in [0.1, 0.15) is 367 Å². The Morgan fingerprint density at radius 2 is 0.560 bits per heavy atom. The second-order valence-electron chi connectivity index (χ2n) is 23.5. The van der Waals surface area contributed by atoms with E-state index in [-0.39, 0.29) is 0 Å². The zero-order valence-electron chi connectivity index (χ0n) is 50.6. The average Bonchev–Trinajstić information content (AvgIpc) is 3.42. The molecule has 0 aromatic rings. The van der Waals surface area contributed by atoms with Crippen molar-refractivity contribution in [2.24, 2.45) is 0 Å². The molecule has 0 aliphatic heterocycles. The van der Waals surface area contributed by atoms with Gasteiger partial charge in [0.25, 0.3) is 0 Å². The third-order valence-electron chi connectivity index (χ3n) is 16.1. The van der Waals surface area contributed by atoms with Gasteiger partial charge in [0.2, 0.25) is 5.91 Å². The Morgan fingerprint density at radius 1 is 0.320 bits per heavy atom. The Hall–Kier alpha value is -1.47. The maximum Gasteiger partial charge on any atom is 0.249 e. The van der Waals surface area contributed by atoms with Crippen molar-refractivity contribution in [2.45, 2.75) is 391 Å². The van der Waals surface area contributed by atoms with Crippen LogP contribution in [0.15, 0.2) is 36.5 Å². The SMILES string of the molecule is CCCCCCCCCCCCCCCCC/C=C/CC/C=C/CC/C=C/CCCC(O)C(O)C(CO)NC(=O)C(O)CCCCCCCCCCCCCCCCCCCCCCCCCCCCCCCCC. The minimum absolute atomic E-state index is 0.362. The molecule has 0 spiro atoms. The van der Waals surface area contributed by atoms with Crippen LogP contribution in [0.25, 0.3) is 0 Å². The highest BCUT2D eigenvalue weighted by molar-refractivity contribution is 5.80. The number of carbonyl (C=O) groups excluding carboxylic acids is 1. The molecule has 75 heavy (non-hydrogen) atoms. The lowest BCUT2D eigenvalue weighted by atomic mass is 10.00. The van der Waals surface area contributed by atoms with Gasteiger partial charge in [-0.15, -0.1) is 0 Å². The summed E-state index contributed by atoms with van der Waals surface area (Å²) >= 11 is 0. The molecule has 4 atom stereocenters. The molecule has 0 aromatic heterocycles. The van der Waals surface area contributed by atoms with E-state index in [1.807, 2.05) is 0 Å². The van der Waals surface area contributed by atoms with Crippen LogP contribution >= 0.6 is 0 Å². The van der Waals surface area contributed by atoms with E-state index in [1.165, 1.54) is 283 Å². The van der Waals surface area contributed by atoms with Gasteiger partial charge in [0.05, 0.1) is 18.8 Å². The van der Waals surface area contributed by atoms with Gasteiger partial charge in [0.15, 0.2) is 0 Å². The summed E-state index contributed by atoms with van der Waals surface area (Å²) in [6, 6.07) is -1.01. The van der Waals surface area contributed by atoms with Crippen LogP contribution in [0.2, 0.25) is 0 Å². The predicted molar refractivity (Wildman–Crippen MR) is 330 cm³/mol. The van der Waals surface area contributed by atoms with Crippen molar-refractivity contribution in [1.82, 2.24) is 5.32 Å². The van der Waals surface area contributed by atoms with Crippen molar-refractivity contribution < 1.29 is 25.2 Å². The van der Waals surface area contributed by atoms with Gasteiger partial charge in [-0.1, -0.05) is 339 Å². The van der Waals surface area contributed by atoms with E-state index >= 15 is 0 Å². The fourth-order valence-electron chi connectivity index (χ4n) is 10.8. The predicted octanol–water partition coefficient (Wildman–Crippen LogP) is 20.7. The number of carbonyl (C=O) groups is 1. The fraction of sp³-hybridized carbons (Fsp3) is 0.899. The van der Waals surface area contributed by atoms with Gasteiger partial charge in [-0.25, -0.2) is 0 Å². The monoisotopic (exact) mass is 1060 g/mol. The Bertz CT molecular complexity index is 1190. The summed E-state index contributed by atoms with van der Waals surface area (Å²) in [5, 5.41) is 44.1. The number of hydrogen-bond acceptors (Lipinski definition) is 5. The van der Waals surface area contributed by atoms with Crippen molar-refractivity contribution >= 4 is 5.91 Å². The highest BCUT2D eigenvalue weighted by atomic mass is 16.3.